The van der Waals surface area contributed by atoms with Gasteiger partial charge in [0.2, 0.25) is 0 Å². The van der Waals surface area contributed by atoms with Crippen molar-refractivity contribution in [2.75, 3.05) is 6.54 Å². The molecule has 2 aromatic carbocycles. The average molecular weight is 295 g/mol. The van der Waals surface area contributed by atoms with Crippen molar-refractivity contribution in [3.63, 3.8) is 0 Å². The van der Waals surface area contributed by atoms with Gasteiger partial charge in [-0.1, -0.05) is 48.5 Å². The molecule has 0 aliphatic heterocycles. The molecule has 0 aromatic heterocycles. The molecule has 0 heterocycles. The van der Waals surface area contributed by atoms with Gasteiger partial charge in [0.1, 0.15) is 0 Å². The fraction of sp³-hybridized carbons (Fsp3) is 0.250. The molecule has 0 amide bonds. The molecule has 5 heteroatoms. The molecular formula is C16H16F3NO. The highest BCUT2D eigenvalue weighted by atomic mass is 19.4. The quantitative estimate of drug-likeness (QED) is 0.884. The number of hydrogen-bond donors (Lipinski definition) is 2. The molecule has 21 heavy (non-hydrogen) atoms. The Hall–Kier alpha value is -1.85. The minimum absolute atomic E-state index is 0.0575. The van der Waals surface area contributed by atoms with Crippen molar-refractivity contribution in [3.8, 4) is 0 Å². The first-order valence-electron chi connectivity index (χ1n) is 6.57. The zero-order valence-corrected chi connectivity index (χ0v) is 11.3. The van der Waals surface area contributed by atoms with Crippen LogP contribution in [0, 0.1) is 0 Å². The Balaban J connectivity index is 1.99. The van der Waals surface area contributed by atoms with Crippen molar-refractivity contribution >= 4 is 0 Å². The van der Waals surface area contributed by atoms with E-state index in [0.717, 1.165) is 11.6 Å². The van der Waals surface area contributed by atoms with Gasteiger partial charge in [0, 0.05) is 13.1 Å². The second-order valence-electron chi connectivity index (χ2n) is 4.72. The molecule has 112 valence electrons. The topological polar surface area (TPSA) is 32.3 Å². The van der Waals surface area contributed by atoms with Crippen LogP contribution in [0.2, 0.25) is 0 Å². The van der Waals surface area contributed by atoms with Gasteiger partial charge in [-0.3, -0.25) is 0 Å². The van der Waals surface area contributed by atoms with Crippen LogP contribution in [-0.4, -0.2) is 11.7 Å². The highest BCUT2D eigenvalue weighted by Crippen LogP contribution is 2.34. The van der Waals surface area contributed by atoms with Crippen LogP contribution in [0.4, 0.5) is 13.2 Å². The van der Waals surface area contributed by atoms with E-state index in [1.165, 1.54) is 18.2 Å². The van der Waals surface area contributed by atoms with E-state index < -0.39 is 17.8 Å². The zero-order valence-electron chi connectivity index (χ0n) is 11.3. The van der Waals surface area contributed by atoms with E-state index in [-0.39, 0.29) is 12.1 Å². The van der Waals surface area contributed by atoms with Gasteiger partial charge < -0.3 is 10.4 Å². The Labute approximate surface area is 121 Å². The maximum atomic E-state index is 12.9. The largest absolute Gasteiger partial charge is 0.416 e. The summed E-state index contributed by atoms with van der Waals surface area (Å²) in [5.74, 6) is 0. The SMILES string of the molecule is O[C@H](CNCc1ccccc1)c1ccccc1C(F)(F)F. The van der Waals surface area contributed by atoms with Crippen molar-refractivity contribution in [1.82, 2.24) is 5.32 Å². The van der Waals surface area contributed by atoms with Crippen molar-refractivity contribution in [3.05, 3.63) is 71.3 Å². The molecule has 0 radical (unpaired) electrons. The number of aliphatic hydroxyl groups excluding tert-OH is 1. The molecule has 0 aliphatic rings. The fourth-order valence-electron chi connectivity index (χ4n) is 2.10. The number of nitrogens with one attached hydrogen (secondary N) is 1. The molecule has 0 bridgehead atoms. The third-order valence-electron chi connectivity index (χ3n) is 3.13. The van der Waals surface area contributed by atoms with E-state index in [2.05, 4.69) is 5.32 Å². The number of halogens is 3. The summed E-state index contributed by atoms with van der Waals surface area (Å²) >= 11 is 0. The lowest BCUT2D eigenvalue weighted by atomic mass is 10.0. The Bertz CT molecular complexity index is 569. The molecule has 2 aromatic rings. The third kappa shape index (κ3) is 4.31. The molecule has 0 fully saturated rings. The Morgan fingerprint density at radius 2 is 1.57 bits per heavy atom. The van der Waals surface area contributed by atoms with E-state index in [9.17, 15) is 18.3 Å². The molecule has 0 spiro atoms. The number of aliphatic hydroxyl groups is 1. The first-order valence-corrected chi connectivity index (χ1v) is 6.57. The minimum Gasteiger partial charge on any atom is -0.387 e. The van der Waals surface area contributed by atoms with E-state index in [1.807, 2.05) is 30.3 Å². The summed E-state index contributed by atoms with van der Waals surface area (Å²) in [4.78, 5) is 0. The van der Waals surface area contributed by atoms with Crippen LogP contribution in [0.5, 0.6) is 0 Å². The molecule has 2 rings (SSSR count). The molecule has 0 aliphatic carbocycles. The molecule has 0 unspecified atom stereocenters. The Morgan fingerprint density at radius 1 is 0.952 bits per heavy atom. The number of rotatable bonds is 5. The average Bonchev–Trinajstić information content (AvgIpc) is 2.47. The summed E-state index contributed by atoms with van der Waals surface area (Å²) < 4.78 is 38.6. The first-order chi connectivity index (χ1) is 9.98. The normalized spacial score (nSPS) is 13.1. The highest BCUT2D eigenvalue weighted by Gasteiger charge is 2.34. The van der Waals surface area contributed by atoms with Crippen molar-refractivity contribution < 1.29 is 18.3 Å². The smallest absolute Gasteiger partial charge is 0.387 e. The van der Waals surface area contributed by atoms with Gasteiger partial charge in [-0.05, 0) is 17.2 Å². The lowest BCUT2D eigenvalue weighted by molar-refractivity contribution is -0.139. The van der Waals surface area contributed by atoms with Gasteiger partial charge in [0.15, 0.2) is 0 Å². The zero-order chi connectivity index (χ0) is 15.3. The van der Waals surface area contributed by atoms with Crippen molar-refractivity contribution in [2.24, 2.45) is 0 Å². The summed E-state index contributed by atoms with van der Waals surface area (Å²) in [5, 5.41) is 12.9. The highest BCUT2D eigenvalue weighted by molar-refractivity contribution is 5.31. The molecule has 0 saturated carbocycles. The van der Waals surface area contributed by atoms with Crippen molar-refractivity contribution in [2.45, 2.75) is 18.8 Å². The van der Waals surface area contributed by atoms with Gasteiger partial charge in [-0.25, -0.2) is 0 Å². The van der Waals surface area contributed by atoms with E-state index in [4.69, 9.17) is 0 Å². The van der Waals surface area contributed by atoms with Crippen LogP contribution in [-0.2, 0) is 12.7 Å². The van der Waals surface area contributed by atoms with E-state index >= 15 is 0 Å². The standard InChI is InChI=1S/C16H16F3NO/c17-16(18,19)14-9-5-4-8-13(14)15(21)11-20-10-12-6-2-1-3-7-12/h1-9,15,20-21H,10-11H2/t15-/m1/s1. The van der Waals surface area contributed by atoms with Crippen LogP contribution < -0.4 is 5.32 Å². The lowest BCUT2D eigenvalue weighted by Crippen LogP contribution is -2.23. The minimum atomic E-state index is -4.46. The molecule has 1 atom stereocenters. The number of alkyl halides is 3. The van der Waals surface area contributed by atoms with Gasteiger partial charge >= 0.3 is 6.18 Å². The third-order valence-corrected chi connectivity index (χ3v) is 3.13. The number of benzene rings is 2. The predicted octanol–water partition coefficient (Wildman–Crippen LogP) is 3.53. The number of hydrogen-bond acceptors (Lipinski definition) is 2. The van der Waals surface area contributed by atoms with Crippen LogP contribution in [0.3, 0.4) is 0 Å². The van der Waals surface area contributed by atoms with Crippen LogP contribution >= 0.6 is 0 Å². The maximum absolute atomic E-state index is 12.9. The summed E-state index contributed by atoms with van der Waals surface area (Å²) in [6, 6.07) is 14.6. The van der Waals surface area contributed by atoms with Crippen LogP contribution in [0.1, 0.15) is 22.8 Å². The second-order valence-corrected chi connectivity index (χ2v) is 4.72. The van der Waals surface area contributed by atoms with Crippen LogP contribution in [0.25, 0.3) is 0 Å². The lowest BCUT2D eigenvalue weighted by Gasteiger charge is -2.18. The monoisotopic (exact) mass is 295 g/mol. The molecular weight excluding hydrogens is 279 g/mol. The second kappa shape index (κ2) is 6.74. The predicted molar refractivity (Wildman–Crippen MR) is 74.6 cm³/mol. The van der Waals surface area contributed by atoms with E-state index in [0.29, 0.717) is 6.54 Å². The maximum Gasteiger partial charge on any atom is 0.416 e. The van der Waals surface area contributed by atoms with Gasteiger partial charge in [-0.2, -0.15) is 13.2 Å². The fourth-order valence-corrected chi connectivity index (χ4v) is 2.10. The Kier molecular flexibility index (Phi) is 4.98. The molecule has 0 saturated heterocycles. The molecule has 2 N–H and O–H groups in total. The van der Waals surface area contributed by atoms with Crippen LogP contribution in [0.15, 0.2) is 54.6 Å². The summed E-state index contributed by atoms with van der Waals surface area (Å²) in [7, 11) is 0. The molecule has 2 nitrogen and oxygen atoms in total. The van der Waals surface area contributed by atoms with Gasteiger partial charge in [-0.15, -0.1) is 0 Å². The summed E-state index contributed by atoms with van der Waals surface area (Å²) in [6.45, 7) is 0.550. The van der Waals surface area contributed by atoms with Gasteiger partial charge in [0.05, 0.1) is 11.7 Å². The van der Waals surface area contributed by atoms with Crippen molar-refractivity contribution in [1.29, 1.82) is 0 Å². The summed E-state index contributed by atoms with van der Waals surface area (Å²) in [6.07, 6.45) is -5.66. The van der Waals surface area contributed by atoms with Gasteiger partial charge in [0.25, 0.3) is 0 Å². The Morgan fingerprint density at radius 3 is 2.24 bits per heavy atom. The van der Waals surface area contributed by atoms with E-state index in [1.54, 1.807) is 0 Å². The summed E-state index contributed by atoms with van der Waals surface area (Å²) in [5.41, 5.74) is 0.110. The first kappa shape index (κ1) is 15.5.